The summed E-state index contributed by atoms with van der Waals surface area (Å²) in [4.78, 5) is 4.27. The van der Waals surface area contributed by atoms with Crippen LogP contribution in [-0.2, 0) is 25.7 Å². The Balaban J connectivity index is 0.000000344. The van der Waals surface area contributed by atoms with Gasteiger partial charge in [0.15, 0.2) is 0 Å². The summed E-state index contributed by atoms with van der Waals surface area (Å²) in [6.45, 7) is 9.73. The molecule has 0 saturated heterocycles. The van der Waals surface area contributed by atoms with Gasteiger partial charge in [-0.2, -0.15) is 10.5 Å². The number of nitrogens with zero attached hydrogens (tertiary/aromatic N) is 3. The molecule has 2 N–H and O–H groups in total. The number of rotatable bonds is 6. The molecular weight excluding hydrogens is 444 g/mol. The lowest BCUT2D eigenvalue weighted by atomic mass is 9.96. The van der Waals surface area contributed by atoms with Crippen LogP contribution >= 0.6 is 0 Å². The minimum atomic E-state index is 0.362. The first kappa shape index (κ1) is 30.4. The first-order valence-electron chi connectivity index (χ1n) is 13.0. The van der Waals surface area contributed by atoms with Crippen LogP contribution in [0.15, 0.2) is 60.7 Å². The van der Waals surface area contributed by atoms with E-state index in [4.69, 9.17) is 10.5 Å². The molecule has 0 fully saturated rings. The zero-order chi connectivity index (χ0) is 26.6. The molecule has 36 heavy (non-hydrogen) atoms. The second-order valence-electron chi connectivity index (χ2n) is 7.81. The smallest absolute Gasteiger partial charge is 0.140 e. The number of nitriles is 2. The number of nitrogens with one attached hydrogen (secondary N) is 1. The van der Waals surface area contributed by atoms with E-state index in [9.17, 15) is 5.11 Å². The van der Waals surface area contributed by atoms with Gasteiger partial charge in [-0.25, -0.2) is 4.98 Å². The van der Waals surface area contributed by atoms with Gasteiger partial charge in [0.1, 0.15) is 17.5 Å². The van der Waals surface area contributed by atoms with Gasteiger partial charge < -0.3 is 10.4 Å². The normalized spacial score (nSPS) is 10.9. The van der Waals surface area contributed by atoms with Crippen molar-refractivity contribution in [3.63, 3.8) is 0 Å². The molecule has 0 bridgehead atoms. The maximum atomic E-state index is 9.64. The summed E-state index contributed by atoms with van der Waals surface area (Å²) in [6.07, 6.45) is 6.42. The Morgan fingerprint density at radius 2 is 1.47 bits per heavy atom. The fourth-order valence-corrected chi connectivity index (χ4v) is 3.69. The molecule has 0 spiro atoms. The molecule has 4 rings (SSSR count). The number of benzene rings is 2. The Morgan fingerprint density at radius 1 is 0.806 bits per heavy atom. The topological polar surface area (TPSA) is 92.7 Å². The van der Waals surface area contributed by atoms with Gasteiger partial charge in [-0.15, -0.1) is 0 Å². The largest absolute Gasteiger partial charge is 0.508 e. The quantitative estimate of drug-likeness (QED) is 0.388. The maximum Gasteiger partial charge on any atom is 0.140 e. The third-order valence-corrected chi connectivity index (χ3v) is 5.53. The number of hydrogen-bond donors (Lipinski definition) is 2. The standard InChI is InChI=1S/C17H18N2O.C10H10N2.2C2H6/c18-13-15-7-5-14(6-8-15)9-11-19-12-10-16-3-1-2-4-17(16)20;11-7-9-6-5-8-3-1-2-4-10(8)12-9;2*1-2/h1-8,19-20H,9-12H2;5-6H,1-4H2;2*1-2H3. The summed E-state index contributed by atoms with van der Waals surface area (Å²) < 4.78 is 0. The van der Waals surface area contributed by atoms with E-state index in [1.807, 2.05) is 82.3 Å². The molecule has 0 saturated carbocycles. The van der Waals surface area contributed by atoms with Crippen LogP contribution < -0.4 is 5.32 Å². The van der Waals surface area contributed by atoms with Crippen LogP contribution in [0.25, 0.3) is 0 Å². The van der Waals surface area contributed by atoms with Crippen molar-refractivity contribution in [1.82, 2.24) is 10.3 Å². The van der Waals surface area contributed by atoms with E-state index in [1.54, 1.807) is 6.07 Å². The molecule has 190 valence electrons. The average molecular weight is 485 g/mol. The molecule has 0 amide bonds. The highest BCUT2D eigenvalue weighted by Gasteiger charge is 2.10. The van der Waals surface area contributed by atoms with Crippen LogP contribution in [0.5, 0.6) is 5.75 Å². The van der Waals surface area contributed by atoms with Crippen LogP contribution in [0, 0.1) is 22.7 Å². The van der Waals surface area contributed by atoms with Gasteiger partial charge in [0, 0.05) is 5.69 Å². The van der Waals surface area contributed by atoms with Crippen molar-refractivity contribution in [3.05, 3.63) is 94.3 Å². The number of aromatic hydroxyl groups is 1. The minimum Gasteiger partial charge on any atom is -0.508 e. The van der Waals surface area contributed by atoms with E-state index in [0.717, 1.165) is 50.0 Å². The molecule has 5 nitrogen and oxygen atoms in total. The van der Waals surface area contributed by atoms with Crippen LogP contribution in [0.3, 0.4) is 0 Å². The number of phenols is 1. The van der Waals surface area contributed by atoms with E-state index in [2.05, 4.69) is 22.4 Å². The molecule has 1 aliphatic carbocycles. The van der Waals surface area contributed by atoms with E-state index < -0.39 is 0 Å². The first-order chi connectivity index (χ1) is 17.7. The highest BCUT2D eigenvalue weighted by Crippen LogP contribution is 2.19. The fourth-order valence-electron chi connectivity index (χ4n) is 3.69. The van der Waals surface area contributed by atoms with Crippen molar-refractivity contribution < 1.29 is 5.11 Å². The zero-order valence-electron chi connectivity index (χ0n) is 22.2. The number of para-hydroxylation sites is 1. The molecule has 3 aromatic rings. The first-order valence-corrected chi connectivity index (χ1v) is 13.0. The Morgan fingerprint density at radius 3 is 2.14 bits per heavy atom. The predicted molar refractivity (Wildman–Crippen MR) is 148 cm³/mol. The van der Waals surface area contributed by atoms with Gasteiger partial charge in [-0.3, -0.25) is 0 Å². The van der Waals surface area contributed by atoms with Gasteiger partial charge in [0.2, 0.25) is 0 Å². The molecular formula is C31H40N4O. The van der Waals surface area contributed by atoms with Gasteiger partial charge in [-0.05, 0) is 92.6 Å². The number of aryl methyl sites for hydroxylation is 2. The number of hydrogen-bond acceptors (Lipinski definition) is 5. The van der Waals surface area contributed by atoms with Crippen LogP contribution in [0.2, 0.25) is 0 Å². The van der Waals surface area contributed by atoms with Crippen molar-refractivity contribution in [2.24, 2.45) is 0 Å². The molecule has 1 aliphatic rings. The molecule has 2 aromatic carbocycles. The Kier molecular flexibility index (Phi) is 15.7. The number of phenolic OH excluding ortho intramolecular Hbond substituents is 1. The highest BCUT2D eigenvalue weighted by molar-refractivity contribution is 5.33. The van der Waals surface area contributed by atoms with Crippen molar-refractivity contribution >= 4 is 0 Å². The van der Waals surface area contributed by atoms with Crippen LogP contribution in [0.1, 0.15) is 74.2 Å². The number of pyridine rings is 1. The number of aromatic nitrogens is 1. The van der Waals surface area contributed by atoms with E-state index in [0.29, 0.717) is 17.0 Å². The second-order valence-corrected chi connectivity index (χ2v) is 7.81. The summed E-state index contributed by atoms with van der Waals surface area (Å²) in [6, 6.07) is 23.1. The van der Waals surface area contributed by atoms with Gasteiger partial charge in [0.05, 0.1) is 11.6 Å². The van der Waals surface area contributed by atoms with Gasteiger partial charge in [-0.1, -0.05) is 64.1 Å². The summed E-state index contributed by atoms with van der Waals surface area (Å²) in [7, 11) is 0. The average Bonchev–Trinajstić information content (AvgIpc) is 2.96. The molecule has 1 heterocycles. The third kappa shape index (κ3) is 10.7. The van der Waals surface area contributed by atoms with Gasteiger partial charge in [0.25, 0.3) is 0 Å². The van der Waals surface area contributed by atoms with E-state index >= 15 is 0 Å². The predicted octanol–water partition coefficient (Wildman–Crippen LogP) is 6.52. The van der Waals surface area contributed by atoms with Gasteiger partial charge >= 0.3 is 0 Å². The van der Waals surface area contributed by atoms with E-state index in [1.165, 1.54) is 24.0 Å². The SMILES string of the molecule is CC.CC.N#Cc1ccc(CCNCCc2ccccc2O)cc1.N#Cc1ccc2c(n1)CCCC2. The molecule has 0 atom stereocenters. The summed E-state index contributed by atoms with van der Waals surface area (Å²) in [5.41, 5.74) is 5.91. The Bertz CT molecular complexity index is 1090. The lowest BCUT2D eigenvalue weighted by Crippen LogP contribution is -2.20. The monoisotopic (exact) mass is 484 g/mol. The summed E-state index contributed by atoms with van der Waals surface area (Å²) >= 11 is 0. The van der Waals surface area contributed by atoms with Crippen molar-refractivity contribution in [2.75, 3.05) is 13.1 Å². The molecule has 0 radical (unpaired) electrons. The van der Waals surface area contributed by atoms with Crippen molar-refractivity contribution in [1.29, 1.82) is 10.5 Å². The third-order valence-electron chi connectivity index (χ3n) is 5.53. The van der Waals surface area contributed by atoms with Crippen LogP contribution in [0.4, 0.5) is 0 Å². The Labute approximate surface area is 217 Å². The van der Waals surface area contributed by atoms with Crippen LogP contribution in [-0.4, -0.2) is 23.2 Å². The van der Waals surface area contributed by atoms with E-state index in [-0.39, 0.29) is 0 Å². The maximum absolute atomic E-state index is 9.64. The lowest BCUT2D eigenvalue weighted by Gasteiger charge is -2.13. The van der Waals surface area contributed by atoms with Crippen molar-refractivity contribution in [2.45, 2.75) is 66.2 Å². The fraction of sp³-hybridized carbons (Fsp3) is 0.387. The minimum absolute atomic E-state index is 0.362. The summed E-state index contributed by atoms with van der Waals surface area (Å²) in [5, 5.41) is 30.4. The highest BCUT2D eigenvalue weighted by atomic mass is 16.3. The molecule has 0 unspecified atom stereocenters. The molecule has 5 heteroatoms. The lowest BCUT2D eigenvalue weighted by molar-refractivity contribution is 0.467. The molecule has 0 aliphatic heterocycles. The zero-order valence-corrected chi connectivity index (χ0v) is 22.2. The summed E-state index contributed by atoms with van der Waals surface area (Å²) in [5.74, 6) is 0.362. The second kappa shape index (κ2) is 18.6. The molecule has 1 aromatic heterocycles. The Hall–Kier alpha value is -3.67. The number of fused-ring (bicyclic) bond motifs is 1. The van der Waals surface area contributed by atoms with Crippen molar-refractivity contribution in [3.8, 4) is 17.9 Å².